The number of hydrogen-bond acceptors (Lipinski definition) is 3. The zero-order valence-corrected chi connectivity index (χ0v) is 11.6. The first-order valence-electron chi connectivity index (χ1n) is 6.64. The quantitative estimate of drug-likeness (QED) is 0.793. The monoisotopic (exact) mass is 238 g/mol. The number of aryl methyl sites for hydroxylation is 1. The molecule has 0 amide bonds. The third kappa shape index (κ3) is 4.11. The molecule has 0 aliphatic heterocycles. The van der Waals surface area contributed by atoms with Crippen LogP contribution in [0.2, 0.25) is 0 Å². The summed E-state index contributed by atoms with van der Waals surface area (Å²) in [5.74, 6) is 2.48. The lowest BCUT2D eigenvalue weighted by molar-refractivity contribution is 0.336. The van der Waals surface area contributed by atoms with Crippen LogP contribution < -0.4 is 5.73 Å². The number of nitrogens with two attached hydrogens (primary N) is 1. The van der Waals surface area contributed by atoms with Crippen LogP contribution in [-0.4, -0.2) is 21.3 Å². The van der Waals surface area contributed by atoms with Crippen LogP contribution in [0.1, 0.15) is 52.4 Å². The molecule has 0 aliphatic rings. The first-order chi connectivity index (χ1) is 8.06. The molecule has 0 fully saturated rings. The van der Waals surface area contributed by atoms with Gasteiger partial charge in [-0.3, -0.25) is 0 Å². The summed E-state index contributed by atoms with van der Waals surface area (Å²) in [7, 11) is 0. The Balaban J connectivity index is 2.56. The molecule has 17 heavy (non-hydrogen) atoms. The van der Waals surface area contributed by atoms with E-state index in [1.54, 1.807) is 0 Å². The van der Waals surface area contributed by atoms with E-state index in [9.17, 15) is 0 Å². The Morgan fingerprint density at radius 1 is 1.24 bits per heavy atom. The van der Waals surface area contributed by atoms with Gasteiger partial charge in [-0.1, -0.05) is 13.8 Å². The Morgan fingerprint density at radius 3 is 2.47 bits per heavy atom. The number of nitrogens with zero attached hydrogens (tertiary/aromatic N) is 3. The van der Waals surface area contributed by atoms with Gasteiger partial charge in [-0.25, -0.2) is 0 Å². The van der Waals surface area contributed by atoms with Crippen LogP contribution in [0.4, 0.5) is 0 Å². The molecule has 4 nitrogen and oxygen atoms in total. The van der Waals surface area contributed by atoms with Gasteiger partial charge >= 0.3 is 0 Å². The topological polar surface area (TPSA) is 56.7 Å². The number of hydrogen-bond donors (Lipinski definition) is 1. The number of rotatable bonds is 7. The molecule has 98 valence electrons. The van der Waals surface area contributed by atoms with Gasteiger partial charge < -0.3 is 10.3 Å². The van der Waals surface area contributed by atoms with Gasteiger partial charge in [-0.05, 0) is 45.1 Å². The summed E-state index contributed by atoms with van der Waals surface area (Å²) in [5.41, 5.74) is 5.66. The SMILES string of the molecule is CC(C)C(CCN)CCc1nncn1C(C)C. The van der Waals surface area contributed by atoms with Crippen molar-refractivity contribution in [2.45, 2.75) is 53.0 Å². The molecule has 0 aliphatic carbocycles. The summed E-state index contributed by atoms with van der Waals surface area (Å²) in [6.45, 7) is 9.64. The smallest absolute Gasteiger partial charge is 0.133 e. The molecule has 1 aromatic heterocycles. The third-order valence-electron chi connectivity index (χ3n) is 3.42. The van der Waals surface area contributed by atoms with Crippen LogP contribution in [-0.2, 0) is 6.42 Å². The summed E-state index contributed by atoms with van der Waals surface area (Å²) in [5, 5.41) is 8.21. The van der Waals surface area contributed by atoms with Crippen LogP contribution in [0.3, 0.4) is 0 Å². The maximum atomic E-state index is 5.66. The van der Waals surface area contributed by atoms with Crippen LogP contribution in [0.5, 0.6) is 0 Å². The van der Waals surface area contributed by atoms with Gasteiger partial charge in [0.05, 0.1) is 0 Å². The Labute approximate surface area is 105 Å². The summed E-state index contributed by atoms with van der Waals surface area (Å²) in [4.78, 5) is 0. The molecule has 0 bridgehead atoms. The van der Waals surface area contributed by atoms with Crippen LogP contribution in [0, 0.1) is 11.8 Å². The number of aromatic nitrogens is 3. The first kappa shape index (κ1) is 14.2. The minimum absolute atomic E-state index is 0.437. The van der Waals surface area contributed by atoms with E-state index in [1.165, 1.54) is 0 Å². The van der Waals surface area contributed by atoms with E-state index >= 15 is 0 Å². The summed E-state index contributed by atoms with van der Waals surface area (Å²) in [6.07, 6.45) is 5.09. The third-order valence-corrected chi connectivity index (χ3v) is 3.42. The van der Waals surface area contributed by atoms with Crippen LogP contribution >= 0.6 is 0 Å². The minimum Gasteiger partial charge on any atom is -0.330 e. The average molecular weight is 238 g/mol. The Morgan fingerprint density at radius 2 is 1.94 bits per heavy atom. The molecule has 4 heteroatoms. The average Bonchev–Trinajstić information content (AvgIpc) is 2.71. The van der Waals surface area contributed by atoms with Crippen molar-refractivity contribution in [3.63, 3.8) is 0 Å². The molecule has 1 rings (SSSR count). The molecule has 1 unspecified atom stereocenters. The fraction of sp³-hybridized carbons (Fsp3) is 0.846. The van der Waals surface area contributed by atoms with E-state index in [0.717, 1.165) is 31.6 Å². The van der Waals surface area contributed by atoms with E-state index in [2.05, 4.69) is 42.5 Å². The molecule has 0 aromatic carbocycles. The van der Waals surface area contributed by atoms with Gasteiger partial charge in [0.15, 0.2) is 0 Å². The standard InChI is InChI=1S/C13H26N4/c1-10(2)12(7-8-14)5-6-13-16-15-9-17(13)11(3)4/h9-12H,5-8,14H2,1-4H3. The van der Waals surface area contributed by atoms with Crippen molar-refractivity contribution in [1.29, 1.82) is 0 Å². The Bertz CT molecular complexity index is 317. The van der Waals surface area contributed by atoms with E-state index in [4.69, 9.17) is 5.73 Å². The fourth-order valence-corrected chi connectivity index (χ4v) is 2.22. The van der Waals surface area contributed by atoms with E-state index in [1.807, 2.05) is 6.33 Å². The second-order valence-corrected chi connectivity index (χ2v) is 5.37. The predicted octanol–water partition coefficient (Wildman–Crippen LogP) is 2.41. The molecular formula is C13H26N4. The second kappa shape index (κ2) is 6.74. The predicted molar refractivity (Wildman–Crippen MR) is 70.7 cm³/mol. The van der Waals surface area contributed by atoms with Gasteiger partial charge in [0, 0.05) is 12.5 Å². The van der Waals surface area contributed by atoms with Crippen molar-refractivity contribution in [2.75, 3.05) is 6.54 Å². The molecule has 1 heterocycles. The van der Waals surface area contributed by atoms with Crippen molar-refractivity contribution < 1.29 is 0 Å². The van der Waals surface area contributed by atoms with E-state index < -0.39 is 0 Å². The van der Waals surface area contributed by atoms with Gasteiger partial charge in [0.1, 0.15) is 12.2 Å². The van der Waals surface area contributed by atoms with Gasteiger partial charge in [-0.15, -0.1) is 10.2 Å². The van der Waals surface area contributed by atoms with E-state index in [-0.39, 0.29) is 0 Å². The summed E-state index contributed by atoms with van der Waals surface area (Å²) >= 11 is 0. The summed E-state index contributed by atoms with van der Waals surface area (Å²) < 4.78 is 2.15. The normalized spacial score (nSPS) is 13.6. The van der Waals surface area contributed by atoms with Crippen molar-refractivity contribution in [2.24, 2.45) is 17.6 Å². The molecule has 1 atom stereocenters. The minimum atomic E-state index is 0.437. The lowest BCUT2D eigenvalue weighted by Gasteiger charge is -2.20. The van der Waals surface area contributed by atoms with Gasteiger partial charge in [-0.2, -0.15) is 0 Å². The molecule has 0 radical (unpaired) electrons. The van der Waals surface area contributed by atoms with Crippen molar-refractivity contribution >= 4 is 0 Å². The Hall–Kier alpha value is -0.900. The molecule has 0 saturated heterocycles. The molecule has 1 aromatic rings. The molecule has 0 spiro atoms. The zero-order chi connectivity index (χ0) is 12.8. The maximum Gasteiger partial charge on any atom is 0.133 e. The Kier molecular flexibility index (Phi) is 5.62. The van der Waals surface area contributed by atoms with Crippen molar-refractivity contribution in [3.8, 4) is 0 Å². The van der Waals surface area contributed by atoms with Gasteiger partial charge in [0.2, 0.25) is 0 Å². The van der Waals surface area contributed by atoms with Crippen molar-refractivity contribution in [1.82, 2.24) is 14.8 Å². The first-order valence-corrected chi connectivity index (χ1v) is 6.64. The second-order valence-electron chi connectivity index (χ2n) is 5.37. The largest absolute Gasteiger partial charge is 0.330 e. The molecular weight excluding hydrogens is 212 g/mol. The van der Waals surface area contributed by atoms with Crippen LogP contribution in [0.15, 0.2) is 6.33 Å². The highest BCUT2D eigenvalue weighted by Crippen LogP contribution is 2.21. The van der Waals surface area contributed by atoms with Gasteiger partial charge in [0.25, 0.3) is 0 Å². The highest BCUT2D eigenvalue weighted by molar-refractivity contribution is 4.89. The lowest BCUT2D eigenvalue weighted by Crippen LogP contribution is -2.16. The fourth-order valence-electron chi connectivity index (χ4n) is 2.22. The highest BCUT2D eigenvalue weighted by Gasteiger charge is 2.15. The molecule has 2 N–H and O–H groups in total. The van der Waals surface area contributed by atoms with E-state index in [0.29, 0.717) is 17.9 Å². The zero-order valence-electron chi connectivity index (χ0n) is 11.6. The maximum absolute atomic E-state index is 5.66. The van der Waals surface area contributed by atoms with Crippen molar-refractivity contribution in [3.05, 3.63) is 12.2 Å². The molecule has 0 saturated carbocycles. The van der Waals surface area contributed by atoms with Crippen LogP contribution in [0.25, 0.3) is 0 Å². The highest BCUT2D eigenvalue weighted by atomic mass is 15.3. The summed E-state index contributed by atoms with van der Waals surface area (Å²) in [6, 6.07) is 0.437. The lowest BCUT2D eigenvalue weighted by atomic mass is 9.88.